The number of ether oxygens (including phenoxy) is 1. The third-order valence-corrected chi connectivity index (χ3v) is 3.96. The van der Waals surface area contributed by atoms with E-state index in [2.05, 4.69) is 10.5 Å². The number of nitrogens with zero attached hydrogens (tertiary/aromatic N) is 3. The summed E-state index contributed by atoms with van der Waals surface area (Å²) in [4.78, 5) is 20.4. The lowest BCUT2D eigenvalue weighted by molar-refractivity contribution is -0.393. The van der Waals surface area contributed by atoms with Crippen molar-refractivity contribution in [2.24, 2.45) is 5.10 Å². The van der Waals surface area contributed by atoms with E-state index in [0.717, 1.165) is 12.1 Å². The molecule has 0 bridgehead atoms. The van der Waals surface area contributed by atoms with Crippen LogP contribution in [0.2, 0.25) is 0 Å². The maximum atomic E-state index is 13.2. The molecule has 0 atom stereocenters. The normalized spacial score (nSPS) is 10.7. The van der Waals surface area contributed by atoms with Crippen molar-refractivity contribution in [1.82, 2.24) is 0 Å². The molecule has 0 amide bonds. The first-order valence-corrected chi connectivity index (χ1v) is 8.61. The van der Waals surface area contributed by atoms with Crippen LogP contribution in [0.25, 0.3) is 0 Å². The molecule has 1 N–H and O–H groups in total. The van der Waals surface area contributed by atoms with Gasteiger partial charge in [0.05, 0.1) is 22.1 Å². The Morgan fingerprint density at radius 1 is 1.00 bits per heavy atom. The van der Waals surface area contributed by atoms with Crippen LogP contribution >= 0.6 is 0 Å². The van der Waals surface area contributed by atoms with Gasteiger partial charge in [-0.05, 0) is 53.6 Å². The summed E-state index contributed by atoms with van der Waals surface area (Å²) in [6, 6.07) is 16.2. The van der Waals surface area contributed by atoms with Gasteiger partial charge < -0.3 is 4.74 Å². The zero-order valence-electron chi connectivity index (χ0n) is 15.4. The monoisotopic (exact) mass is 410 g/mol. The molecular weight excluding hydrogens is 395 g/mol. The number of hydrogen-bond donors (Lipinski definition) is 1. The second-order valence-corrected chi connectivity index (χ2v) is 6.07. The van der Waals surface area contributed by atoms with Gasteiger partial charge in [0, 0.05) is 6.07 Å². The first kappa shape index (κ1) is 20.4. The number of hydrogen-bond acceptors (Lipinski definition) is 7. The van der Waals surface area contributed by atoms with Crippen molar-refractivity contribution >= 4 is 23.3 Å². The number of non-ortho nitro benzene ring substituents is 1. The van der Waals surface area contributed by atoms with Crippen LogP contribution in [-0.2, 0) is 6.61 Å². The number of benzene rings is 3. The molecule has 3 rings (SSSR count). The standard InChI is InChI=1S/C20H15FN4O5/c21-16-3-1-2-15(10-16)13-30-18-7-4-14(5-8-18)12-22-23-19-9-6-17(24(26)27)11-20(19)25(28)29/h1-12,23H,13H2/b22-12+. The Morgan fingerprint density at radius 3 is 2.43 bits per heavy atom. The van der Waals surface area contributed by atoms with Crippen LogP contribution in [0.3, 0.4) is 0 Å². The van der Waals surface area contributed by atoms with E-state index in [-0.39, 0.29) is 23.8 Å². The highest BCUT2D eigenvalue weighted by atomic mass is 19.1. The third-order valence-electron chi connectivity index (χ3n) is 3.96. The van der Waals surface area contributed by atoms with Crippen molar-refractivity contribution in [2.45, 2.75) is 6.61 Å². The van der Waals surface area contributed by atoms with E-state index in [0.29, 0.717) is 16.9 Å². The van der Waals surface area contributed by atoms with E-state index in [1.54, 1.807) is 36.4 Å². The molecule has 0 saturated carbocycles. The summed E-state index contributed by atoms with van der Waals surface area (Å²) in [6.45, 7) is 0.219. The second kappa shape index (κ2) is 9.24. The molecule has 0 aliphatic carbocycles. The molecule has 0 unspecified atom stereocenters. The fourth-order valence-electron chi connectivity index (χ4n) is 2.50. The molecule has 0 aliphatic rings. The van der Waals surface area contributed by atoms with Crippen molar-refractivity contribution in [3.8, 4) is 5.75 Å². The summed E-state index contributed by atoms with van der Waals surface area (Å²) in [5.41, 5.74) is 3.09. The number of rotatable bonds is 8. The van der Waals surface area contributed by atoms with E-state index in [4.69, 9.17) is 4.74 Å². The zero-order chi connectivity index (χ0) is 21.5. The Bertz CT molecular complexity index is 1100. The SMILES string of the molecule is O=[N+]([O-])c1ccc(N/N=C/c2ccc(OCc3cccc(F)c3)cc2)c([N+](=O)[O-])c1. The predicted octanol–water partition coefficient (Wildman–Crippen LogP) is 4.67. The van der Waals surface area contributed by atoms with Crippen molar-refractivity contribution < 1.29 is 19.0 Å². The minimum Gasteiger partial charge on any atom is -0.489 e. The maximum Gasteiger partial charge on any atom is 0.301 e. The highest BCUT2D eigenvalue weighted by Gasteiger charge is 2.19. The second-order valence-electron chi connectivity index (χ2n) is 6.07. The van der Waals surface area contributed by atoms with Crippen LogP contribution in [-0.4, -0.2) is 16.1 Å². The highest BCUT2D eigenvalue weighted by Crippen LogP contribution is 2.28. The number of nitro benzene ring substituents is 2. The van der Waals surface area contributed by atoms with Gasteiger partial charge in [0.2, 0.25) is 0 Å². The lowest BCUT2D eigenvalue weighted by Gasteiger charge is -2.06. The number of nitro groups is 2. The summed E-state index contributed by atoms with van der Waals surface area (Å²) in [5.74, 6) is 0.249. The molecule has 30 heavy (non-hydrogen) atoms. The van der Waals surface area contributed by atoms with Gasteiger partial charge in [-0.25, -0.2) is 4.39 Å². The first-order valence-electron chi connectivity index (χ1n) is 8.61. The van der Waals surface area contributed by atoms with Gasteiger partial charge in [-0.15, -0.1) is 0 Å². The minimum atomic E-state index is -0.727. The molecule has 0 spiro atoms. The van der Waals surface area contributed by atoms with Gasteiger partial charge in [0.25, 0.3) is 5.69 Å². The summed E-state index contributed by atoms with van der Waals surface area (Å²) < 4.78 is 18.8. The Kier molecular flexibility index (Phi) is 6.28. The smallest absolute Gasteiger partial charge is 0.301 e. The first-order chi connectivity index (χ1) is 14.4. The van der Waals surface area contributed by atoms with Crippen LogP contribution in [0.15, 0.2) is 71.8 Å². The summed E-state index contributed by atoms with van der Waals surface area (Å²) in [7, 11) is 0. The molecule has 10 heteroatoms. The summed E-state index contributed by atoms with van der Waals surface area (Å²) in [6.07, 6.45) is 1.43. The lowest BCUT2D eigenvalue weighted by atomic mass is 10.2. The van der Waals surface area contributed by atoms with E-state index in [9.17, 15) is 24.6 Å². The molecule has 0 heterocycles. The van der Waals surface area contributed by atoms with Crippen LogP contribution < -0.4 is 10.2 Å². The number of hydrazone groups is 1. The topological polar surface area (TPSA) is 120 Å². The van der Waals surface area contributed by atoms with Gasteiger partial charge in [0.15, 0.2) is 0 Å². The summed E-state index contributed by atoms with van der Waals surface area (Å²) in [5, 5.41) is 25.8. The molecule has 3 aromatic rings. The van der Waals surface area contributed by atoms with Crippen LogP contribution in [0.1, 0.15) is 11.1 Å². The van der Waals surface area contributed by atoms with Crippen molar-refractivity contribution in [3.63, 3.8) is 0 Å². The van der Waals surface area contributed by atoms with Crippen LogP contribution in [0, 0.1) is 26.0 Å². The fraction of sp³-hybridized carbons (Fsp3) is 0.0500. The molecule has 152 valence electrons. The van der Waals surface area contributed by atoms with Crippen molar-refractivity contribution in [1.29, 1.82) is 0 Å². The Hall–Kier alpha value is -4.34. The Labute approximate surface area is 169 Å². The van der Waals surface area contributed by atoms with E-state index >= 15 is 0 Å². The number of halogens is 1. The van der Waals surface area contributed by atoms with Crippen molar-refractivity contribution in [2.75, 3.05) is 5.43 Å². The van der Waals surface area contributed by atoms with Gasteiger partial charge in [0.1, 0.15) is 23.9 Å². The molecule has 9 nitrogen and oxygen atoms in total. The summed E-state index contributed by atoms with van der Waals surface area (Å²) >= 11 is 0. The fourth-order valence-corrected chi connectivity index (χ4v) is 2.50. The third kappa shape index (κ3) is 5.35. The molecular formula is C20H15FN4O5. The molecule has 0 aromatic heterocycles. The van der Waals surface area contributed by atoms with Gasteiger partial charge >= 0.3 is 5.69 Å². The Morgan fingerprint density at radius 2 is 1.77 bits per heavy atom. The molecule has 0 fully saturated rings. The average Bonchev–Trinajstić information content (AvgIpc) is 2.73. The van der Waals surface area contributed by atoms with E-state index < -0.39 is 15.5 Å². The average molecular weight is 410 g/mol. The highest BCUT2D eigenvalue weighted by molar-refractivity contribution is 5.80. The van der Waals surface area contributed by atoms with E-state index in [1.165, 1.54) is 24.4 Å². The van der Waals surface area contributed by atoms with Gasteiger partial charge in [-0.3, -0.25) is 25.7 Å². The maximum absolute atomic E-state index is 13.2. The lowest BCUT2D eigenvalue weighted by Crippen LogP contribution is -1.99. The molecule has 0 aliphatic heterocycles. The van der Waals surface area contributed by atoms with Gasteiger partial charge in [-0.2, -0.15) is 5.10 Å². The Balaban J connectivity index is 1.61. The molecule has 3 aromatic carbocycles. The molecule has 0 saturated heterocycles. The van der Waals surface area contributed by atoms with Crippen molar-refractivity contribution in [3.05, 3.63) is 104 Å². The van der Waals surface area contributed by atoms with E-state index in [1.807, 2.05) is 0 Å². The molecule has 0 radical (unpaired) electrons. The van der Waals surface area contributed by atoms with Gasteiger partial charge in [-0.1, -0.05) is 12.1 Å². The minimum absolute atomic E-state index is 0.0249. The van der Waals surface area contributed by atoms with Crippen LogP contribution in [0.4, 0.5) is 21.5 Å². The number of nitrogens with one attached hydrogen (secondary N) is 1. The number of anilines is 1. The zero-order valence-corrected chi connectivity index (χ0v) is 15.4. The largest absolute Gasteiger partial charge is 0.489 e. The predicted molar refractivity (Wildman–Crippen MR) is 108 cm³/mol. The quantitative estimate of drug-likeness (QED) is 0.327. The van der Waals surface area contributed by atoms with Crippen LogP contribution in [0.5, 0.6) is 5.75 Å².